The molecule has 5 rings (SSSR count). The molecule has 2 aliphatic heterocycles. The third kappa shape index (κ3) is 12.3. The van der Waals surface area contributed by atoms with E-state index in [2.05, 4.69) is 51.1 Å². The third-order valence-corrected chi connectivity index (χ3v) is 10.7. The van der Waals surface area contributed by atoms with Crippen molar-refractivity contribution in [3.63, 3.8) is 0 Å². The highest BCUT2D eigenvalue weighted by atomic mass is 16.7. The molecule has 0 amide bonds. The standard InChI is InChI=1S/C42H62O8/c1-30(2)13-11-14-31(3)15-12-18-37(49-40-19-7-9-21-47-40)42-36-24-33(23-34(36)25-38(42)50-41-20-8-10-22-48-41)35(28-46-29-39(43)44)27-45-26-32-16-5-4-6-17-32/h4-6,13,16-18,23,31,34-36,38,40-42H,7-12,14-15,19-22,24-29H2,1-3H3,(H,43,44)/t31-,34?,35?,36?,38-,40?,41?,42+/m1/s1. The summed E-state index contributed by atoms with van der Waals surface area (Å²) in [6, 6.07) is 10.1. The second-order valence-electron chi connectivity index (χ2n) is 15.2. The summed E-state index contributed by atoms with van der Waals surface area (Å²) in [7, 11) is 0. The smallest absolute Gasteiger partial charge is 0.329 e. The van der Waals surface area contributed by atoms with Gasteiger partial charge < -0.3 is 33.5 Å². The second kappa shape index (κ2) is 20.5. The quantitative estimate of drug-likeness (QED) is 0.107. The summed E-state index contributed by atoms with van der Waals surface area (Å²) < 4.78 is 37.9. The second-order valence-corrected chi connectivity index (χ2v) is 15.2. The molecule has 50 heavy (non-hydrogen) atoms. The highest BCUT2D eigenvalue weighted by molar-refractivity contribution is 5.68. The molecule has 5 unspecified atom stereocenters. The zero-order chi connectivity index (χ0) is 35.1. The fourth-order valence-corrected chi connectivity index (χ4v) is 8.04. The van der Waals surface area contributed by atoms with Crippen LogP contribution in [0.1, 0.15) is 103 Å². The van der Waals surface area contributed by atoms with Crippen LogP contribution in [0.15, 0.2) is 65.5 Å². The predicted octanol–water partition coefficient (Wildman–Crippen LogP) is 9.00. The van der Waals surface area contributed by atoms with Crippen molar-refractivity contribution in [1.82, 2.24) is 0 Å². The molecule has 8 atom stereocenters. The summed E-state index contributed by atoms with van der Waals surface area (Å²) in [4.78, 5) is 11.3. The zero-order valence-electron chi connectivity index (χ0n) is 30.8. The minimum absolute atomic E-state index is 0.00753. The normalized spacial score (nSPS) is 28.1. The molecule has 0 spiro atoms. The molecule has 1 aromatic carbocycles. The average Bonchev–Trinajstić information content (AvgIpc) is 3.66. The molecule has 0 aromatic heterocycles. The van der Waals surface area contributed by atoms with Crippen LogP contribution in [-0.2, 0) is 39.8 Å². The number of aliphatic carboxylic acids is 1. The number of hydrogen-bond donors (Lipinski definition) is 1. The van der Waals surface area contributed by atoms with Crippen LogP contribution in [-0.4, -0.2) is 62.8 Å². The minimum atomic E-state index is -0.959. The molecule has 0 radical (unpaired) electrons. The molecular formula is C42H62O8. The largest absolute Gasteiger partial charge is 0.480 e. The SMILES string of the molecule is CC(C)=CCC[C@@H](C)CCC=C(OC1CCCCO1)[C@@H]1C2CC(C(COCC(=O)O)COCc3ccccc3)=CC2C[C@H]1OC1CCCCO1. The fraction of sp³-hybridized carbons (Fsp3) is 0.690. The molecule has 3 fully saturated rings. The van der Waals surface area contributed by atoms with Gasteiger partial charge in [0.05, 0.1) is 32.5 Å². The summed E-state index contributed by atoms with van der Waals surface area (Å²) in [6.07, 6.45) is 19.1. The van der Waals surface area contributed by atoms with Gasteiger partial charge in [-0.1, -0.05) is 60.6 Å². The topological polar surface area (TPSA) is 92.7 Å². The number of carbonyl (C=O) groups is 1. The van der Waals surface area contributed by atoms with Crippen LogP contribution >= 0.6 is 0 Å². The maximum atomic E-state index is 11.3. The van der Waals surface area contributed by atoms with Gasteiger partial charge in [-0.3, -0.25) is 0 Å². The van der Waals surface area contributed by atoms with Crippen molar-refractivity contribution in [2.75, 3.05) is 33.0 Å². The molecular weight excluding hydrogens is 632 g/mol. The molecule has 1 saturated carbocycles. The van der Waals surface area contributed by atoms with Gasteiger partial charge in [0.25, 0.3) is 0 Å². The summed E-state index contributed by atoms with van der Waals surface area (Å²) in [5.41, 5.74) is 3.78. The Morgan fingerprint density at radius 3 is 2.32 bits per heavy atom. The fourth-order valence-electron chi connectivity index (χ4n) is 8.04. The lowest BCUT2D eigenvalue weighted by Crippen LogP contribution is -2.34. The van der Waals surface area contributed by atoms with Crippen molar-refractivity contribution in [3.05, 3.63) is 71.0 Å². The minimum Gasteiger partial charge on any atom is -0.480 e. The summed E-state index contributed by atoms with van der Waals surface area (Å²) in [5, 5.41) is 9.28. The molecule has 8 nitrogen and oxygen atoms in total. The van der Waals surface area contributed by atoms with E-state index in [9.17, 15) is 9.90 Å². The Hall–Kier alpha value is -2.49. The first-order valence-corrected chi connectivity index (χ1v) is 19.4. The van der Waals surface area contributed by atoms with E-state index in [0.717, 1.165) is 95.2 Å². The van der Waals surface area contributed by atoms with Crippen molar-refractivity contribution in [3.8, 4) is 0 Å². The molecule has 2 saturated heterocycles. The first kappa shape index (κ1) is 38.7. The van der Waals surface area contributed by atoms with Crippen LogP contribution in [0.5, 0.6) is 0 Å². The molecule has 1 aromatic rings. The lowest BCUT2D eigenvalue weighted by atomic mass is 9.85. The Morgan fingerprint density at radius 1 is 0.940 bits per heavy atom. The number of rotatable bonds is 20. The van der Waals surface area contributed by atoms with Gasteiger partial charge in [0.15, 0.2) is 12.6 Å². The number of hydrogen-bond acceptors (Lipinski definition) is 7. The molecule has 4 aliphatic rings. The van der Waals surface area contributed by atoms with Crippen molar-refractivity contribution in [2.45, 2.75) is 123 Å². The van der Waals surface area contributed by atoms with Crippen LogP contribution < -0.4 is 0 Å². The first-order valence-electron chi connectivity index (χ1n) is 19.4. The zero-order valence-corrected chi connectivity index (χ0v) is 30.8. The number of carboxylic acid groups (broad SMARTS) is 1. The number of fused-ring (bicyclic) bond motifs is 1. The predicted molar refractivity (Wildman–Crippen MR) is 194 cm³/mol. The van der Waals surface area contributed by atoms with E-state index in [0.29, 0.717) is 37.6 Å². The molecule has 8 heteroatoms. The Morgan fingerprint density at radius 2 is 1.64 bits per heavy atom. The monoisotopic (exact) mass is 694 g/mol. The molecule has 0 bridgehead atoms. The highest BCUT2D eigenvalue weighted by Crippen LogP contribution is 2.53. The van der Waals surface area contributed by atoms with Gasteiger partial charge in [0, 0.05) is 24.9 Å². The van der Waals surface area contributed by atoms with E-state index in [4.69, 9.17) is 28.4 Å². The summed E-state index contributed by atoms with van der Waals surface area (Å²) in [6.45, 7) is 9.15. The van der Waals surface area contributed by atoms with Gasteiger partial charge in [-0.25, -0.2) is 4.79 Å². The lowest BCUT2D eigenvalue weighted by Gasteiger charge is -2.34. The van der Waals surface area contributed by atoms with Gasteiger partial charge >= 0.3 is 5.97 Å². The number of benzene rings is 1. The molecule has 2 heterocycles. The molecule has 1 N–H and O–H groups in total. The van der Waals surface area contributed by atoms with Gasteiger partial charge in [-0.2, -0.15) is 0 Å². The lowest BCUT2D eigenvalue weighted by molar-refractivity contribution is -0.201. The van der Waals surface area contributed by atoms with E-state index < -0.39 is 5.97 Å². The van der Waals surface area contributed by atoms with Gasteiger partial charge in [-0.05, 0) is 114 Å². The van der Waals surface area contributed by atoms with Crippen LogP contribution in [0.3, 0.4) is 0 Å². The maximum absolute atomic E-state index is 11.3. The van der Waals surface area contributed by atoms with E-state index >= 15 is 0 Å². The van der Waals surface area contributed by atoms with Crippen molar-refractivity contribution in [1.29, 1.82) is 0 Å². The van der Waals surface area contributed by atoms with Crippen LogP contribution in [0.2, 0.25) is 0 Å². The summed E-state index contributed by atoms with van der Waals surface area (Å²) >= 11 is 0. The first-order chi connectivity index (χ1) is 24.4. The van der Waals surface area contributed by atoms with Crippen molar-refractivity contribution < 1.29 is 38.3 Å². The molecule has 278 valence electrons. The number of allylic oxidation sites excluding steroid dienone is 4. The Kier molecular flexibility index (Phi) is 15.9. The third-order valence-electron chi connectivity index (χ3n) is 10.7. The van der Waals surface area contributed by atoms with E-state index in [1.807, 2.05) is 18.2 Å². The van der Waals surface area contributed by atoms with Gasteiger partial charge in [-0.15, -0.1) is 0 Å². The van der Waals surface area contributed by atoms with Crippen molar-refractivity contribution >= 4 is 5.97 Å². The van der Waals surface area contributed by atoms with E-state index in [-0.39, 0.29) is 37.1 Å². The van der Waals surface area contributed by atoms with E-state index in [1.165, 1.54) is 17.6 Å². The molecule has 2 aliphatic carbocycles. The van der Waals surface area contributed by atoms with Crippen LogP contribution in [0.4, 0.5) is 0 Å². The highest BCUT2D eigenvalue weighted by Gasteiger charge is 2.50. The number of carboxylic acids is 1. The average molecular weight is 695 g/mol. The van der Waals surface area contributed by atoms with Crippen LogP contribution in [0.25, 0.3) is 0 Å². The Labute approximate surface area is 300 Å². The van der Waals surface area contributed by atoms with Crippen molar-refractivity contribution in [2.24, 2.45) is 29.6 Å². The maximum Gasteiger partial charge on any atom is 0.329 e. The van der Waals surface area contributed by atoms with Crippen LogP contribution in [0, 0.1) is 29.6 Å². The summed E-state index contributed by atoms with van der Waals surface area (Å²) in [5.74, 6) is 1.37. The Balaban J connectivity index is 1.34. The van der Waals surface area contributed by atoms with Gasteiger partial charge in [0.2, 0.25) is 0 Å². The van der Waals surface area contributed by atoms with Gasteiger partial charge in [0.1, 0.15) is 12.4 Å². The Bertz CT molecular complexity index is 1240. The van der Waals surface area contributed by atoms with E-state index in [1.54, 1.807) is 0 Å². The number of ether oxygens (including phenoxy) is 6.